The van der Waals surface area contributed by atoms with Crippen LogP contribution in [-0.2, 0) is 6.61 Å². The molecule has 35 heavy (non-hydrogen) atoms. The minimum Gasteiger partial charge on any atom is -0.507 e. The number of carbonyl (C=O) groups excluding carboxylic acids is 1. The highest BCUT2D eigenvalue weighted by Gasteiger charge is 2.22. The predicted octanol–water partition coefficient (Wildman–Crippen LogP) is 6.41. The van der Waals surface area contributed by atoms with E-state index in [2.05, 4.69) is 0 Å². The van der Waals surface area contributed by atoms with Gasteiger partial charge in [0.05, 0.1) is 18.2 Å². The van der Waals surface area contributed by atoms with Gasteiger partial charge < -0.3 is 19.7 Å². The van der Waals surface area contributed by atoms with Gasteiger partial charge in [0.1, 0.15) is 29.7 Å². The number of phenolic OH excluding ortho intramolecular Hbond substituents is 1. The number of hydrogen-bond donors (Lipinski definition) is 2. The summed E-state index contributed by atoms with van der Waals surface area (Å²) in [6, 6.07) is 12.7. The topological polar surface area (TPSA) is 93.1 Å². The van der Waals surface area contributed by atoms with Gasteiger partial charge in [-0.15, -0.1) is 0 Å². The third kappa shape index (κ3) is 5.98. The lowest BCUT2D eigenvalue weighted by molar-refractivity contribution is 0.0691. The number of carboxylic acids is 1. The Bertz CT molecular complexity index is 1270. The Balaban J connectivity index is 1.85. The minimum absolute atomic E-state index is 0.0947. The van der Waals surface area contributed by atoms with Crippen molar-refractivity contribution in [3.05, 3.63) is 76.6 Å². The van der Waals surface area contributed by atoms with Crippen molar-refractivity contribution in [3.8, 4) is 28.4 Å². The molecule has 0 heterocycles. The molecule has 3 aromatic carbocycles. The van der Waals surface area contributed by atoms with E-state index in [0.29, 0.717) is 28.9 Å². The van der Waals surface area contributed by atoms with Crippen molar-refractivity contribution in [1.82, 2.24) is 0 Å². The number of Topliss-reactive ketones (excluding diaryl/α,β-unsaturated/α-hetero) is 1. The number of methoxy groups -OCH3 is 1. The maximum Gasteiger partial charge on any atom is 0.338 e. The summed E-state index contributed by atoms with van der Waals surface area (Å²) in [7, 11) is 1.39. The van der Waals surface area contributed by atoms with E-state index in [1.807, 2.05) is 26.8 Å². The molecule has 0 saturated heterocycles. The first-order chi connectivity index (χ1) is 16.4. The van der Waals surface area contributed by atoms with Crippen LogP contribution in [0, 0.1) is 18.2 Å². The van der Waals surface area contributed by atoms with Crippen LogP contribution in [0.3, 0.4) is 0 Å². The van der Waals surface area contributed by atoms with E-state index >= 15 is 0 Å². The lowest BCUT2D eigenvalue weighted by atomic mass is 9.87. The number of ketones is 1. The van der Waals surface area contributed by atoms with Gasteiger partial charge in [0.15, 0.2) is 5.78 Å². The Kier molecular flexibility index (Phi) is 7.48. The Hall–Kier alpha value is -3.87. The van der Waals surface area contributed by atoms with E-state index in [1.54, 1.807) is 37.3 Å². The normalized spacial score (nSPS) is 11.3. The molecule has 0 spiro atoms. The predicted molar refractivity (Wildman–Crippen MR) is 131 cm³/mol. The second kappa shape index (κ2) is 10.2. The summed E-state index contributed by atoms with van der Waals surface area (Å²) in [6.07, 6.45) is 0.309. The van der Waals surface area contributed by atoms with Crippen LogP contribution in [0.15, 0.2) is 48.5 Å². The standard InChI is InChI=1S/C28H29FO6/c1-16-24(10-9-19(26(16)31)23(30)14-28(2,3)4)35-15-17-7-6-8-18(11-17)20-12-21(27(32)33)22(29)13-25(20)34-5/h6-13,31H,14-15H2,1-5H3,(H,32,33). The van der Waals surface area contributed by atoms with Crippen molar-refractivity contribution in [2.45, 2.75) is 40.7 Å². The summed E-state index contributed by atoms with van der Waals surface area (Å²) in [5.74, 6) is -1.83. The Morgan fingerprint density at radius 1 is 1.00 bits per heavy atom. The van der Waals surface area contributed by atoms with Gasteiger partial charge in [-0.25, -0.2) is 9.18 Å². The van der Waals surface area contributed by atoms with E-state index in [1.165, 1.54) is 13.2 Å². The second-order valence-electron chi connectivity index (χ2n) is 9.57. The van der Waals surface area contributed by atoms with Crippen LogP contribution in [0.2, 0.25) is 0 Å². The SMILES string of the molecule is COc1cc(F)c(C(=O)O)cc1-c1cccc(COc2ccc(C(=O)CC(C)(C)C)c(O)c2C)c1. The fourth-order valence-electron chi connectivity index (χ4n) is 3.74. The summed E-state index contributed by atoms with van der Waals surface area (Å²) in [6.45, 7) is 7.73. The Labute approximate surface area is 203 Å². The van der Waals surface area contributed by atoms with Crippen LogP contribution >= 0.6 is 0 Å². The molecule has 0 amide bonds. The number of aromatic hydroxyl groups is 1. The average Bonchev–Trinajstić information content (AvgIpc) is 2.78. The third-order valence-electron chi connectivity index (χ3n) is 5.52. The molecule has 0 saturated carbocycles. The largest absolute Gasteiger partial charge is 0.507 e. The number of carboxylic acid groups (broad SMARTS) is 1. The monoisotopic (exact) mass is 480 g/mol. The Morgan fingerprint density at radius 3 is 2.34 bits per heavy atom. The number of halogens is 1. The van der Waals surface area contributed by atoms with Gasteiger partial charge in [-0.1, -0.05) is 39.0 Å². The fraction of sp³-hybridized carbons (Fsp3) is 0.286. The zero-order chi connectivity index (χ0) is 25.9. The van der Waals surface area contributed by atoms with Crippen LogP contribution in [0.4, 0.5) is 4.39 Å². The van der Waals surface area contributed by atoms with Crippen LogP contribution in [-0.4, -0.2) is 29.1 Å². The lowest BCUT2D eigenvalue weighted by Crippen LogP contribution is -2.13. The quantitative estimate of drug-likeness (QED) is 0.362. The van der Waals surface area contributed by atoms with Gasteiger partial charge in [-0.2, -0.15) is 0 Å². The highest BCUT2D eigenvalue weighted by atomic mass is 19.1. The maximum absolute atomic E-state index is 14.1. The number of carbonyl (C=O) groups is 2. The minimum atomic E-state index is -1.37. The average molecular weight is 481 g/mol. The molecule has 6 nitrogen and oxygen atoms in total. The number of benzene rings is 3. The van der Waals surface area contributed by atoms with E-state index in [9.17, 15) is 24.2 Å². The number of phenols is 1. The molecular formula is C28H29FO6. The molecule has 3 aromatic rings. The fourth-order valence-corrected chi connectivity index (χ4v) is 3.74. The highest BCUT2D eigenvalue weighted by molar-refractivity contribution is 5.99. The maximum atomic E-state index is 14.1. The summed E-state index contributed by atoms with van der Waals surface area (Å²) in [5, 5.41) is 19.9. The molecule has 0 atom stereocenters. The van der Waals surface area contributed by atoms with Crippen LogP contribution in [0.25, 0.3) is 11.1 Å². The molecule has 0 unspecified atom stereocenters. The zero-order valence-electron chi connectivity index (χ0n) is 20.4. The molecule has 0 fully saturated rings. The van der Waals surface area contributed by atoms with Crippen molar-refractivity contribution < 1.29 is 33.7 Å². The summed E-state index contributed by atoms with van der Waals surface area (Å²) in [5.41, 5.74) is 1.91. The van der Waals surface area contributed by atoms with Gasteiger partial charge in [-0.3, -0.25) is 4.79 Å². The van der Waals surface area contributed by atoms with Gasteiger partial charge in [-0.05, 0) is 47.7 Å². The van der Waals surface area contributed by atoms with Gasteiger partial charge in [0.2, 0.25) is 0 Å². The second-order valence-corrected chi connectivity index (χ2v) is 9.57. The summed E-state index contributed by atoms with van der Waals surface area (Å²) < 4.78 is 25.2. The smallest absolute Gasteiger partial charge is 0.338 e. The molecule has 0 aliphatic carbocycles. The van der Waals surface area contributed by atoms with Gasteiger partial charge in [0.25, 0.3) is 0 Å². The van der Waals surface area contributed by atoms with Crippen molar-refractivity contribution in [2.75, 3.05) is 7.11 Å². The molecule has 0 aliphatic rings. The van der Waals surface area contributed by atoms with E-state index in [0.717, 1.165) is 11.6 Å². The first-order valence-electron chi connectivity index (χ1n) is 11.1. The molecule has 0 aromatic heterocycles. The van der Waals surface area contributed by atoms with Crippen molar-refractivity contribution in [3.63, 3.8) is 0 Å². The molecule has 184 valence electrons. The highest BCUT2D eigenvalue weighted by Crippen LogP contribution is 2.35. The lowest BCUT2D eigenvalue weighted by Gasteiger charge is -2.18. The third-order valence-corrected chi connectivity index (χ3v) is 5.52. The first kappa shape index (κ1) is 25.7. The Morgan fingerprint density at radius 2 is 1.71 bits per heavy atom. The molecular weight excluding hydrogens is 451 g/mol. The van der Waals surface area contributed by atoms with Gasteiger partial charge in [0, 0.05) is 23.6 Å². The van der Waals surface area contributed by atoms with Gasteiger partial charge >= 0.3 is 5.97 Å². The van der Waals surface area contributed by atoms with Crippen molar-refractivity contribution in [1.29, 1.82) is 0 Å². The molecule has 3 rings (SSSR count). The number of ether oxygens (including phenoxy) is 2. The van der Waals surface area contributed by atoms with Crippen LogP contribution in [0.1, 0.15) is 59.0 Å². The van der Waals surface area contributed by atoms with E-state index in [4.69, 9.17) is 9.47 Å². The van der Waals surface area contributed by atoms with Crippen LogP contribution < -0.4 is 9.47 Å². The summed E-state index contributed by atoms with van der Waals surface area (Å²) >= 11 is 0. The number of aromatic carboxylic acids is 1. The van der Waals surface area contributed by atoms with E-state index in [-0.39, 0.29) is 34.9 Å². The summed E-state index contributed by atoms with van der Waals surface area (Å²) in [4.78, 5) is 23.9. The molecule has 0 radical (unpaired) electrons. The molecule has 7 heteroatoms. The molecule has 2 N–H and O–H groups in total. The van der Waals surface area contributed by atoms with Crippen molar-refractivity contribution in [2.24, 2.45) is 5.41 Å². The molecule has 0 aliphatic heterocycles. The van der Waals surface area contributed by atoms with Crippen LogP contribution in [0.5, 0.6) is 17.2 Å². The number of rotatable bonds is 8. The van der Waals surface area contributed by atoms with E-state index < -0.39 is 17.3 Å². The number of hydrogen-bond acceptors (Lipinski definition) is 5. The first-order valence-corrected chi connectivity index (χ1v) is 11.1. The zero-order valence-corrected chi connectivity index (χ0v) is 20.4. The molecule has 0 bridgehead atoms. The van der Waals surface area contributed by atoms with Crippen molar-refractivity contribution >= 4 is 11.8 Å².